The summed E-state index contributed by atoms with van der Waals surface area (Å²) in [5.41, 5.74) is 0. The largest absolute Gasteiger partial charge is 0.550 e. The number of carbonyl (C=O) groups is 1. The third-order valence-corrected chi connectivity index (χ3v) is 3.98. The van der Waals surface area contributed by atoms with Gasteiger partial charge in [-0.05, 0) is 12.8 Å². The van der Waals surface area contributed by atoms with Crippen LogP contribution in [0.4, 0.5) is 0 Å². The van der Waals surface area contributed by atoms with Crippen LogP contribution in [0.2, 0.25) is 0 Å². The van der Waals surface area contributed by atoms with E-state index in [4.69, 9.17) is 0 Å². The van der Waals surface area contributed by atoms with Gasteiger partial charge in [0.1, 0.15) is 0 Å². The molecule has 123 valence electrons. The summed E-state index contributed by atoms with van der Waals surface area (Å²) in [6.07, 6.45) is 19.9. The van der Waals surface area contributed by atoms with Crippen LogP contribution in [-0.2, 0) is 4.79 Å². The van der Waals surface area contributed by atoms with Crippen LogP contribution in [0.1, 0.15) is 110 Å². The fourth-order valence-corrected chi connectivity index (χ4v) is 2.64. The van der Waals surface area contributed by atoms with Crippen molar-refractivity contribution >= 4 is 5.97 Å². The van der Waals surface area contributed by atoms with Crippen LogP contribution >= 0.6 is 0 Å². The second-order valence-electron chi connectivity index (χ2n) is 6.07. The summed E-state index contributed by atoms with van der Waals surface area (Å²) in [5.74, 6) is -0.903. The number of carboxylic acids is 1. The Labute approximate surface area is 160 Å². The zero-order valence-electron chi connectivity index (χ0n) is 14.2. The Morgan fingerprint density at radius 2 is 0.905 bits per heavy atom. The van der Waals surface area contributed by atoms with E-state index in [1.54, 1.807) is 0 Å². The number of hydrogen-bond donors (Lipinski definition) is 0. The van der Waals surface area contributed by atoms with Crippen molar-refractivity contribution in [1.82, 2.24) is 0 Å². The molecule has 0 unspecified atom stereocenters. The molecular weight excluding hydrogens is 387 g/mol. The topological polar surface area (TPSA) is 40.1 Å². The van der Waals surface area contributed by atoms with E-state index in [0.29, 0.717) is 0 Å². The van der Waals surface area contributed by atoms with Crippen LogP contribution in [0, 0.1) is 35.6 Å². The number of hydrogen-bond acceptors (Lipinski definition) is 2. The summed E-state index contributed by atoms with van der Waals surface area (Å²) in [6, 6.07) is 0. The molecule has 0 aliphatic rings. The molecule has 0 aliphatic heterocycles. The molecule has 0 fully saturated rings. The Kier molecular flexibility index (Phi) is 23.5. The van der Waals surface area contributed by atoms with Gasteiger partial charge in [0.15, 0.2) is 0 Å². The summed E-state index contributed by atoms with van der Waals surface area (Å²) in [6.45, 7) is 2.27. The first kappa shape index (κ1) is 23.9. The summed E-state index contributed by atoms with van der Waals surface area (Å²) < 4.78 is 0. The Morgan fingerprint density at radius 1 is 0.619 bits per heavy atom. The van der Waals surface area contributed by atoms with Gasteiger partial charge in [0, 0.05) is 41.6 Å². The predicted molar refractivity (Wildman–Crippen MR) is 84.6 cm³/mol. The van der Waals surface area contributed by atoms with E-state index in [9.17, 15) is 9.90 Å². The summed E-state index contributed by atoms with van der Waals surface area (Å²) in [5, 5.41) is 10.2. The Balaban J connectivity index is 0. The average molecular weight is 422 g/mol. The third kappa shape index (κ3) is 23.1. The zero-order chi connectivity index (χ0) is 14.9. The van der Waals surface area contributed by atoms with Gasteiger partial charge in [-0.2, -0.15) is 0 Å². The molecule has 0 atom stereocenters. The summed E-state index contributed by atoms with van der Waals surface area (Å²) in [7, 11) is 0. The van der Waals surface area contributed by atoms with E-state index in [2.05, 4.69) is 6.92 Å². The van der Waals surface area contributed by atoms with Crippen molar-refractivity contribution in [1.29, 1.82) is 0 Å². The molecule has 0 amide bonds. The van der Waals surface area contributed by atoms with Crippen LogP contribution in [0.3, 0.4) is 0 Å². The number of unbranched alkanes of at least 4 members (excludes halogenated alkanes) is 14. The van der Waals surface area contributed by atoms with Crippen molar-refractivity contribution in [3.63, 3.8) is 0 Å². The molecule has 3 heteroatoms. The Bertz CT molecular complexity index is 207. The molecule has 0 aliphatic carbocycles. The molecule has 0 aromatic rings. The first-order chi connectivity index (χ1) is 9.77. The van der Waals surface area contributed by atoms with Crippen molar-refractivity contribution in [2.75, 3.05) is 0 Å². The molecule has 0 N–H and O–H groups in total. The van der Waals surface area contributed by atoms with Crippen LogP contribution < -0.4 is 5.11 Å². The molecule has 0 bridgehead atoms. The van der Waals surface area contributed by atoms with E-state index < -0.39 is 5.97 Å². The van der Waals surface area contributed by atoms with Gasteiger partial charge in [-0.25, -0.2) is 0 Å². The Morgan fingerprint density at radius 3 is 1.19 bits per heavy atom. The van der Waals surface area contributed by atoms with Crippen LogP contribution in [0.25, 0.3) is 0 Å². The third-order valence-electron chi connectivity index (χ3n) is 3.98. The van der Waals surface area contributed by atoms with Gasteiger partial charge in [-0.1, -0.05) is 96.8 Å². The molecule has 2 nitrogen and oxygen atoms in total. The molecular formula is C18H35LaO2-. The van der Waals surface area contributed by atoms with E-state index in [-0.39, 0.29) is 42.0 Å². The van der Waals surface area contributed by atoms with Crippen LogP contribution in [-0.4, -0.2) is 5.97 Å². The summed E-state index contributed by atoms with van der Waals surface area (Å²) in [4.78, 5) is 10.2. The van der Waals surface area contributed by atoms with E-state index >= 15 is 0 Å². The monoisotopic (exact) mass is 422 g/mol. The van der Waals surface area contributed by atoms with Gasteiger partial charge in [0.25, 0.3) is 0 Å². The van der Waals surface area contributed by atoms with Gasteiger partial charge < -0.3 is 9.90 Å². The molecule has 21 heavy (non-hydrogen) atoms. The van der Waals surface area contributed by atoms with E-state index in [1.807, 2.05) is 0 Å². The minimum Gasteiger partial charge on any atom is -0.550 e. The van der Waals surface area contributed by atoms with Crippen molar-refractivity contribution in [3.8, 4) is 0 Å². The van der Waals surface area contributed by atoms with Gasteiger partial charge in [-0.3, -0.25) is 0 Å². The second kappa shape index (κ2) is 20.7. The first-order valence-corrected chi connectivity index (χ1v) is 8.97. The molecule has 0 saturated carbocycles. The number of aliphatic carboxylic acids is 1. The van der Waals surface area contributed by atoms with Gasteiger partial charge in [-0.15, -0.1) is 0 Å². The fourth-order valence-electron chi connectivity index (χ4n) is 2.64. The van der Waals surface area contributed by atoms with Crippen LogP contribution in [0.5, 0.6) is 0 Å². The maximum Gasteiger partial charge on any atom is 0.0414 e. The minimum atomic E-state index is -0.903. The maximum atomic E-state index is 10.2. The van der Waals surface area contributed by atoms with E-state index in [1.165, 1.54) is 83.5 Å². The molecule has 0 aromatic carbocycles. The fraction of sp³-hybridized carbons (Fsp3) is 0.944. The van der Waals surface area contributed by atoms with E-state index in [0.717, 1.165) is 12.8 Å². The predicted octanol–water partition coefficient (Wildman–Crippen LogP) is 5.00. The molecule has 0 saturated heterocycles. The SMILES string of the molecule is CCCCCCCCCCCCCCCCCC(=O)[O-].[La]. The number of carboxylic acid groups (broad SMARTS) is 1. The normalized spacial score (nSPS) is 10.3. The second-order valence-corrected chi connectivity index (χ2v) is 6.07. The number of rotatable bonds is 16. The molecule has 0 spiro atoms. The smallest absolute Gasteiger partial charge is 0.0414 e. The van der Waals surface area contributed by atoms with Crippen LogP contribution in [0.15, 0.2) is 0 Å². The van der Waals surface area contributed by atoms with Gasteiger partial charge in [0.05, 0.1) is 0 Å². The van der Waals surface area contributed by atoms with Crippen molar-refractivity contribution < 1.29 is 45.5 Å². The summed E-state index contributed by atoms with van der Waals surface area (Å²) >= 11 is 0. The standard InChI is InChI=1S/C18H36O2.La/c1-2-3-4-5-6-7-8-9-10-11-12-13-14-15-16-17-18(19)20;/h2-17H2,1H3,(H,19,20);/p-1. The Hall–Kier alpha value is 0.665. The first-order valence-electron chi connectivity index (χ1n) is 8.97. The quantitative estimate of drug-likeness (QED) is 0.329. The van der Waals surface area contributed by atoms with Crippen molar-refractivity contribution in [2.45, 2.75) is 110 Å². The van der Waals surface area contributed by atoms with Crippen molar-refractivity contribution in [3.05, 3.63) is 0 Å². The molecule has 0 aromatic heterocycles. The number of carbonyl (C=O) groups excluding carboxylic acids is 1. The van der Waals surface area contributed by atoms with Gasteiger partial charge in [0.2, 0.25) is 0 Å². The zero-order valence-corrected chi connectivity index (χ0v) is 17.8. The minimum absolute atomic E-state index is 0. The molecule has 0 heterocycles. The van der Waals surface area contributed by atoms with Gasteiger partial charge >= 0.3 is 0 Å². The average Bonchev–Trinajstić information content (AvgIpc) is 2.43. The molecule has 0 rings (SSSR count). The van der Waals surface area contributed by atoms with Crippen molar-refractivity contribution in [2.24, 2.45) is 0 Å². The molecule has 1 radical (unpaired) electrons. The maximum absolute atomic E-state index is 10.2.